The highest BCUT2D eigenvalue weighted by Gasteiger charge is 2.19. The van der Waals surface area contributed by atoms with Crippen LogP contribution >= 0.6 is 11.8 Å². The van der Waals surface area contributed by atoms with Gasteiger partial charge in [-0.2, -0.15) is 0 Å². The van der Waals surface area contributed by atoms with Crippen molar-refractivity contribution in [1.82, 2.24) is 25.1 Å². The first kappa shape index (κ1) is 22.3. The minimum atomic E-state index is 0.0473. The summed E-state index contributed by atoms with van der Waals surface area (Å²) < 4.78 is 7.54. The Labute approximate surface area is 193 Å². The van der Waals surface area contributed by atoms with E-state index in [1.54, 1.807) is 12.4 Å². The van der Waals surface area contributed by atoms with Crippen LogP contribution in [0.3, 0.4) is 0 Å². The van der Waals surface area contributed by atoms with Crippen LogP contribution in [0.5, 0.6) is 5.75 Å². The Morgan fingerprint density at radius 2 is 1.91 bits per heavy atom. The molecule has 1 aliphatic rings. The highest BCUT2D eigenvalue weighted by Crippen LogP contribution is 2.28. The largest absolute Gasteiger partial charge is 0.494 e. The van der Waals surface area contributed by atoms with E-state index in [-0.39, 0.29) is 5.91 Å². The minimum absolute atomic E-state index is 0.0473. The van der Waals surface area contributed by atoms with Gasteiger partial charge >= 0.3 is 0 Å². The molecular weight excluding hydrogens is 422 g/mol. The number of rotatable bonds is 8. The molecule has 2 aromatic heterocycles. The Kier molecular flexibility index (Phi) is 7.77. The summed E-state index contributed by atoms with van der Waals surface area (Å²) in [6, 6.07) is 11.9. The van der Waals surface area contributed by atoms with Gasteiger partial charge in [0.2, 0.25) is 5.91 Å². The summed E-state index contributed by atoms with van der Waals surface area (Å²) in [6.45, 7) is 2.58. The zero-order valence-electron chi connectivity index (χ0n) is 18.4. The molecule has 0 radical (unpaired) electrons. The van der Waals surface area contributed by atoms with E-state index in [4.69, 9.17) is 4.74 Å². The number of aromatic nitrogens is 4. The number of ether oxygens (including phenoxy) is 1. The van der Waals surface area contributed by atoms with E-state index in [0.717, 1.165) is 29.8 Å². The average molecular weight is 452 g/mol. The number of nitrogens with one attached hydrogen (secondary N) is 1. The standard InChI is InChI=1S/C24H29N5O2S/c1-2-31-21-13-11-20(12-14-21)29-23(18-8-7-15-25-16-18)27-28-24(29)32-17-22(30)26-19-9-5-3-4-6-10-19/h7-8,11-16,19H,2-6,9-10,17H2,1H3,(H,26,30). The molecule has 1 aromatic carbocycles. The summed E-state index contributed by atoms with van der Waals surface area (Å²) >= 11 is 1.40. The van der Waals surface area contributed by atoms with Crippen molar-refractivity contribution < 1.29 is 9.53 Å². The zero-order chi connectivity index (χ0) is 22.2. The number of benzene rings is 1. The molecule has 7 nitrogen and oxygen atoms in total. The molecule has 8 heteroatoms. The monoisotopic (exact) mass is 451 g/mol. The molecule has 4 rings (SSSR count). The minimum Gasteiger partial charge on any atom is -0.494 e. The van der Waals surface area contributed by atoms with Crippen LogP contribution in [0, 0.1) is 0 Å². The third-order valence-electron chi connectivity index (χ3n) is 5.51. The van der Waals surface area contributed by atoms with Crippen LogP contribution < -0.4 is 10.1 Å². The average Bonchev–Trinajstić information content (AvgIpc) is 3.08. The van der Waals surface area contributed by atoms with Crippen molar-refractivity contribution in [2.24, 2.45) is 0 Å². The van der Waals surface area contributed by atoms with E-state index in [1.165, 1.54) is 37.4 Å². The number of hydrogen-bond donors (Lipinski definition) is 1. The lowest BCUT2D eigenvalue weighted by Gasteiger charge is -2.16. The first-order valence-electron chi connectivity index (χ1n) is 11.3. The van der Waals surface area contributed by atoms with Crippen LogP contribution in [0.2, 0.25) is 0 Å². The van der Waals surface area contributed by atoms with Crippen molar-refractivity contribution >= 4 is 17.7 Å². The maximum Gasteiger partial charge on any atom is 0.230 e. The van der Waals surface area contributed by atoms with Crippen LogP contribution in [0.1, 0.15) is 45.4 Å². The molecule has 2 heterocycles. The second kappa shape index (κ2) is 11.1. The number of pyridine rings is 1. The summed E-state index contributed by atoms with van der Waals surface area (Å²) in [4.78, 5) is 16.8. The van der Waals surface area contributed by atoms with Crippen molar-refractivity contribution in [2.45, 2.75) is 56.6 Å². The fourth-order valence-electron chi connectivity index (χ4n) is 3.96. The van der Waals surface area contributed by atoms with Gasteiger partial charge in [0.1, 0.15) is 5.75 Å². The predicted molar refractivity (Wildman–Crippen MR) is 126 cm³/mol. The maximum atomic E-state index is 12.6. The Hall–Kier alpha value is -2.87. The molecule has 32 heavy (non-hydrogen) atoms. The molecular formula is C24H29N5O2S. The van der Waals surface area contributed by atoms with E-state index >= 15 is 0 Å². The first-order valence-corrected chi connectivity index (χ1v) is 12.2. The van der Waals surface area contributed by atoms with Gasteiger partial charge in [0.25, 0.3) is 0 Å². The number of nitrogens with zero attached hydrogens (tertiary/aromatic N) is 4. The summed E-state index contributed by atoms with van der Waals surface area (Å²) in [5, 5.41) is 12.7. The van der Waals surface area contributed by atoms with Gasteiger partial charge < -0.3 is 10.1 Å². The van der Waals surface area contributed by atoms with Gasteiger partial charge in [0.05, 0.1) is 12.4 Å². The van der Waals surface area contributed by atoms with Gasteiger partial charge in [-0.3, -0.25) is 14.3 Å². The normalized spacial score (nSPS) is 14.7. The van der Waals surface area contributed by atoms with Crippen LogP contribution in [-0.2, 0) is 4.79 Å². The molecule has 0 bridgehead atoms. The molecule has 1 amide bonds. The molecule has 0 aliphatic heterocycles. The topological polar surface area (TPSA) is 81.9 Å². The smallest absolute Gasteiger partial charge is 0.230 e. The van der Waals surface area contributed by atoms with Crippen LogP contribution in [0.25, 0.3) is 17.1 Å². The van der Waals surface area contributed by atoms with Crippen molar-refractivity contribution in [3.05, 3.63) is 48.8 Å². The first-order chi connectivity index (χ1) is 15.7. The zero-order valence-corrected chi connectivity index (χ0v) is 19.2. The number of carbonyl (C=O) groups excluding carboxylic acids is 1. The SMILES string of the molecule is CCOc1ccc(-n2c(SCC(=O)NC3CCCCCC3)nnc2-c2cccnc2)cc1. The molecule has 0 unspecified atom stereocenters. The Morgan fingerprint density at radius 1 is 1.12 bits per heavy atom. The van der Waals surface area contributed by atoms with E-state index in [0.29, 0.717) is 29.4 Å². The van der Waals surface area contributed by atoms with Crippen molar-refractivity contribution in [3.63, 3.8) is 0 Å². The quantitative estimate of drug-likeness (QED) is 0.396. The molecule has 0 spiro atoms. The Bertz CT molecular complexity index is 999. The molecule has 0 atom stereocenters. The van der Waals surface area contributed by atoms with Crippen molar-refractivity contribution in [1.29, 1.82) is 0 Å². The molecule has 168 valence electrons. The van der Waals surface area contributed by atoms with Gasteiger partial charge in [0, 0.05) is 29.7 Å². The van der Waals surface area contributed by atoms with E-state index in [9.17, 15) is 4.79 Å². The van der Waals surface area contributed by atoms with Crippen LogP contribution in [0.4, 0.5) is 0 Å². The molecule has 1 saturated carbocycles. The van der Waals surface area contributed by atoms with Crippen LogP contribution in [0.15, 0.2) is 53.9 Å². The molecule has 1 fully saturated rings. The van der Waals surface area contributed by atoms with Crippen molar-refractivity contribution in [2.75, 3.05) is 12.4 Å². The lowest BCUT2D eigenvalue weighted by atomic mass is 10.1. The van der Waals surface area contributed by atoms with Gasteiger partial charge in [-0.15, -0.1) is 10.2 Å². The molecule has 3 aromatic rings. The summed E-state index contributed by atoms with van der Waals surface area (Å²) in [5.74, 6) is 1.85. The van der Waals surface area contributed by atoms with Gasteiger partial charge in [-0.1, -0.05) is 37.4 Å². The number of amides is 1. The predicted octanol–water partition coefficient (Wildman–Crippen LogP) is 4.66. The fourth-order valence-corrected chi connectivity index (χ4v) is 4.72. The highest BCUT2D eigenvalue weighted by molar-refractivity contribution is 7.99. The molecule has 0 saturated heterocycles. The molecule has 1 aliphatic carbocycles. The number of carbonyl (C=O) groups is 1. The second-order valence-electron chi connectivity index (χ2n) is 7.85. The van der Waals surface area contributed by atoms with E-state index < -0.39 is 0 Å². The van der Waals surface area contributed by atoms with E-state index in [2.05, 4.69) is 20.5 Å². The van der Waals surface area contributed by atoms with Crippen LogP contribution in [-0.4, -0.2) is 44.1 Å². The van der Waals surface area contributed by atoms with Gasteiger partial charge in [-0.05, 0) is 56.2 Å². The lowest BCUT2D eigenvalue weighted by molar-refractivity contribution is -0.119. The van der Waals surface area contributed by atoms with Gasteiger partial charge in [0.15, 0.2) is 11.0 Å². The summed E-state index contributed by atoms with van der Waals surface area (Å²) in [6.07, 6.45) is 10.6. The number of hydrogen-bond acceptors (Lipinski definition) is 6. The second-order valence-corrected chi connectivity index (χ2v) is 8.80. The highest BCUT2D eigenvalue weighted by atomic mass is 32.2. The lowest BCUT2D eigenvalue weighted by Crippen LogP contribution is -2.35. The Morgan fingerprint density at radius 3 is 2.59 bits per heavy atom. The molecule has 1 N–H and O–H groups in total. The third-order valence-corrected chi connectivity index (χ3v) is 6.44. The Balaban J connectivity index is 1.53. The number of thioether (sulfide) groups is 1. The van der Waals surface area contributed by atoms with Gasteiger partial charge in [-0.25, -0.2) is 0 Å². The summed E-state index contributed by atoms with van der Waals surface area (Å²) in [5.41, 5.74) is 1.77. The van der Waals surface area contributed by atoms with Crippen molar-refractivity contribution in [3.8, 4) is 22.8 Å². The fraction of sp³-hybridized carbons (Fsp3) is 0.417. The summed E-state index contributed by atoms with van der Waals surface area (Å²) in [7, 11) is 0. The third kappa shape index (κ3) is 5.68. The maximum absolute atomic E-state index is 12.6. The van der Waals surface area contributed by atoms with E-state index in [1.807, 2.05) is 47.9 Å².